The molecule has 5 N–H and O–H groups in total. The highest BCUT2D eigenvalue weighted by Gasteiger charge is 2.68. The van der Waals surface area contributed by atoms with Crippen LogP contribution in [0, 0.1) is 81.8 Å². The van der Waals surface area contributed by atoms with Gasteiger partial charge in [0.15, 0.2) is 5.78 Å². The van der Waals surface area contributed by atoms with Crippen molar-refractivity contribution >= 4 is 23.6 Å². The summed E-state index contributed by atoms with van der Waals surface area (Å²) in [6.07, 6.45) is 18.3. The van der Waals surface area contributed by atoms with E-state index in [-0.39, 0.29) is 90.3 Å². The summed E-state index contributed by atoms with van der Waals surface area (Å²) in [5.41, 5.74) is 10.1. The molecule has 0 bridgehead atoms. The molecule has 0 spiro atoms. The number of hydrogen-bond donors (Lipinski definition) is 4. The summed E-state index contributed by atoms with van der Waals surface area (Å²) in [6, 6.07) is 8.97. The van der Waals surface area contributed by atoms with Crippen molar-refractivity contribution in [2.75, 3.05) is 38.3 Å². The number of fused-ring (bicyclic) bond motifs is 9. The van der Waals surface area contributed by atoms with E-state index in [0.29, 0.717) is 37.7 Å². The number of hydrogen-bond acceptors (Lipinski definition) is 10. The Morgan fingerprint density at radius 3 is 2.47 bits per heavy atom. The molecule has 0 radical (unpaired) electrons. The molecular formula is C57H80N2O9. The van der Waals surface area contributed by atoms with Gasteiger partial charge < -0.3 is 40.2 Å². The predicted molar refractivity (Wildman–Crippen MR) is 261 cm³/mol. The monoisotopic (exact) mass is 937 g/mol. The maximum absolute atomic E-state index is 13.2. The number of carbonyl (C=O) groups excluding carboxylic acids is 2. The number of anilines is 1. The van der Waals surface area contributed by atoms with E-state index >= 15 is 0 Å². The third-order valence-electron chi connectivity index (χ3n) is 20.9. The van der Waals surface area contributed by atoms with Crippen molar-refractivity contribution in [2.45, 2.75) is 161 Å². The van der Waals surface area contributed by atoms with Gasteiger partial charge in [-0.1, -0.05) is 58.2 Å². The van der Waals surface area contributed by atoms with Crippen molar-refractivity contribution in [3.05, 3.63) is 52.6 Å². The van der Waals surface area contributed by atoms with E-state index in [1.165, 1.54) is 22.3 Å². The average Bonchev–Trinajstić information content (AvgIpc) is 3.78. The normalized spacial score (nSPS) is 41.9. The van der Waals surface area contributed by atoms with Crippen LogP contribution in [0.2, 0.25) is 0 Å². The molecule has 0 saturated heterocycles. The third-order valence-corrected chi connectivity index (χ3v) is 20.9. The number of carboxylic acid groups (broad SMARTS) is 1. The number of carboxylic acids is 1. The van der Waals surface area contributed by atoms with Crippen LogP contribution in [0.4, 0.5) is 10.5 Å². The molecule has 0 amide bonds. The van der Waals surface area contributed by atoms with Crippen molar-refractivity contribution in [1.82, 2.24) is 0 Å². The first kappa shape index (κ1) is 49.3. The number of carbonyl (C=O) groups is 3. The van der Waals surface area contributed by atoms with Crippen LogP contribution in [-0.2, 0) is 23.8 Å². The van der Waals surface area contributed by atoms with E-state index in [0.717, 1.165) is 82.9 Å². The van der Waals surface area contributed by atoms with Crippen LogP contribution in [0.5, 0.6) is 0 Å². The smallest absolute Gasteiger partial charge is 0.481 e. The van der Waals surface area contributed by atoms with Crippen LogP contribution in [-0.4, -0.2) is 90.5 Å². The highest BCUT2D eigenvalue weighted by molar-refractivity contribution is 5.93. The number of aliphatic carboxylic acids is 1. The van der Waals surface area contributed by atoms with E-state index in [4.69, 9.17) is 26.4 Å². The Kier molecular flexibility index (Phi) is 13.6. The number of likely N-dealkylation sites (N-methyl/N-ethyl adjacent to an activating group) is 1. The van der Waals surface area contributed by atoms with E-state index < -0.39 is 34.7 Å². The summed E-state index contributed by atoms with van der Waals surface area (Å²) < 4.78 is 18.4. The molecule has 6 fully saturated rings. The van der Waals surface area contributed by atoms with Gasteiger partial charge in [0.2, 0.25) is 0 Å². The van der Waals surface area contributed by atoms with Gasteiger partial charge in [-0.05, 0) is 177 Å². The Morgan fingerprint density at radius 1 is 0.985 bits per heavy atom. The minimum absolute atomic E-state index is 0.0176. The molecule has 1 aromatic rings. The number of terminal acetylenes is 1. The highest BCUT2D eigenvalue weighted by atomic mass is 16.7. The summed E-state index contributed by atoms with van der Waals surface area (Å²) >= 11 is 0. The molecule has 2 unspecified atom stereocenters. The highest BCUT2D eigenvalue weighted by Crippen LogP contribution is 2.70. The summed E-state index contributed by atoms with van der Waals surface area (Å²) in [4.78, 5) is 39.5. The lowest BCUT2D eigenvalue weighted by Crippen LogP contribution is -2.63. The summed E-state index contributed by atoms with van der Waals surface area (Å²) in [7, 11) is 2.11. The summed E-state index contributed by atoms with van der Waals surface area (Å²) in [5, 5.41) is 33.8. The standard InChI is InChI=1S/C57H80N2O9/c1-8-57(65)34(3)27-46-42-16-12-36-28-39(60)15-17-41(36)51(42)43(32-55(46,57)5)35-10-13-38(14-11-35)59(7)24-26-66-40-21-22-54(4)37(29-40)30-48(68-53(64)67-25-23-58)52-45-19-18-44(33(2)9-20-50(62)63)56(45,6)49(61)31-47(52)54/h1,10-11,13-14,28,33-34,37,40,42-49,52,61,65H,9,12,15-27,29-32,58H2,2-7H3,(H,62,63)/t33-,34-,37+,40+,42?,43-,44-,45+,46?,47+,48-,49+,52+,54+,55+,56-,57+/m1/s1. The van der Waals surface area contributed by atoms with Crippen LogP contribution in [0.15, 0.2) is 47.1 Å². The minimum atomic E-state index is -1.17. The molecular weight excluding hydrogens is 857 g/mol. The van der Waals surface area contributed by atoms with Gasteiger partial charge >= 0.3 is 12.1 Å². The van der Waals surface area contributed by atoms with Crippen molar-refractivity contribution < 1.29 is 43.9 Å². The number of aliphatic hydroxyl groups excluding tert-OH is 1. The lowest BCUT2D eigenvalue weighted by Gasteiger charge is -2.64. The first-order valence-corrected chi connectivity index (χ1v) is 26.4. The molecule has 1 aromatic carbocycles. The Hall–Kier alpha value is -3.69. The quantitative estimate of drug-likeness (QED) is 0.110. The second-order valence-corrected chi connectivity index (χ2v) is 23.8. The first-order valence-electron chi connectivity index (χ1n) is 26.4. The predicted octanol–water partition coefficient (Wildman–Crippen LogP) is 9.24. The lowest BCUT2D eigenvalue weighted by atomic mass is 9.43. The molecule has 17 atom stereocenters. The van der Waals surface area contributed by atoms with E-state index in [2.05, 4.69) is 76.8 Å². The Morgan fingerprint density at radius 2 is 1.75 bits per heavy atom. The summed E-state index contributed by atoms with van der Waals surface area (Å²) in [6.45, 7) is 12.8. The molecule has 372 valence electrons. The molecule has 8 aliphatic carbocycles. The van der Waals surface area contributed by atoms with Crippen molar-refractivity contribution in [3.63, 3.8) is 0 Å². The fourth-order valence-electron chi connectivity index (χ4n) is 17.3. The lowest BCUT2D eigenvalue weighted by molar-refractivity contribution is -0.211. The molecule has 11 heteroatoms. The Labute approximate surface area is 405 Å². The van der Waals surface area contributed by atoms with Crippen molar-refractivity contribution in [3.8, 4) is 12.3 Å². The second kappa shape index (κ2) is 18.8. The number of rotatable bonds is 13. The maximum atomic E-state index is 13.2. The number of allylic oxidation sites excluding steroid dienone is 4. The van der Waals surface area contributed by atoms with E-state index in [9.17, 15) is 29.7 Å². The van der Waals surface area contributed by atoms with Crippen molar-refractivity contribution in [1.29, 1.82) is 0 Å². The number of nitrogens with zero attached hydrogens (tertiary/aromatic N) is 1. The number of benzene rings is 1. The number of ketones is 1. The summed E-state index contributed by atoms with van der Waals surface area (Å²) in [5.74, 6) is 4.11. The molecule has 9 rings (SSSR count). The largest absolute Gasteiger partial charge is 0.508 e. The molecule has 6 saturated carbocycles. The fourth-order valence-corrected chi connectivity index (χ4v) is 17.3. The fraction of sp³-hybridized carbons (Fsp3) is 0.737. The molecule has 68 heavy (non-hydrogen) atoms. The Bertz CT molecular complexity index is 2200. The zero-order valence-corrected chi connectivity index (χ0v) is 41.7. The van der Waals surface area contributed by atoms with Crippen LogP contribution in [0.3, 0.4) is 0 Å². The SMILES string of the molecule is C#C[C@]1(O)[C@H](C)CC2C3CCC4=CC(=O)CCC4=C3[C@@H](c3ccc(N(C)CCO[C@H]4CC[C@@]5(C)[C@@H](C4)C[C@@H](OC(=O)OCCN)[C@@H]4[C@@H]5C[C@H](O)[C@]5(C)[C@@H]([C@H](C)CCC(=O)O)CC[C@@H]45)cc3)C[C@@]21C. The number of aliphatic hydroxyl groups is 2. The van der Waals surface area contributed by atoms with Gasteiger partial charge in [-0.3, -0.25) is 9.59 Å². The van der Waals surface area contributed by atoms with Gasteiger partial charge in [0.1, 0.15) is 18.3 Å². The van der Waals surface area contributed by atoms with Gasteiger partial charge in [-0.25, -0.2) is 4.79 Å². The zero-order valence-electron chi connectivity index (χ0n) is 41.7. The Balaban J connectivity index is 0.874. The van der Waals surface area contributed by atoms with Crippen LogP contribution >= 0.6 is 0 Å². The van der Waals surface area contributed by atoms with Crippen molar-refractivity contribution in [2.24, 2.45) is 75.2 Å². The average molecular weight is 937 g/mol. The molecule has 11 nitrogen and oxygen atoms in total. The number of nitrogens with two attached hydrogens (primary N) is 1. The molecule has 0 heterocycles. The maximum Gasteiger partial charge on any atom is 0.508 e. The van der Waals surface area contributed by atoms with E-state index in [1.807, 2.05) is 6.08 Å². The zero-order chi connectivity index (χ0) is 48.5. The van der Waals surface area contributed by atoms with Crippen LogP contribution in [0.1, 0.15) is 142 Å². The van der Waals surface area contributed by atoms with Gasteiger partial charge in [-0.2, -0.15) is 0 Å². The third kappa shape index (κ3) is 8.17. The van der Waals surface area contributed by atoms with Crippen LogP contribution < -0.4 is 10.6 Å². The van der Waals surface area contributed by atoms with Gasteiger partial charge in [0.05, 0.1) is 18.8 Å². The van der Waals surface area contributed by atoms with Crippen LogP contribution in [0.25, 0.3) is 0 Å². The minimum Gasteiger partial charge on any atom is -0.481 e. The van der Waals surface area contributed by atoms with Gasteiger partial charge in [0.25, 0.3) is 0 Å². The van der Waals surface area contributed by atoms with Gasteiger partial charge in [-0.15, -0.1) is 6.42 Å². The van der Waals surface area contributed by atoms with Gasteiger partial charge in [0, 0.05) is 55.9 Å². The molecule has 8 aliphatic rings. The van der Waals surface area contributed by atoms with E-state index in [1.54, 1.807) is 0 Å². The second-order valence-electron chi connectivity index (χ2n) is 23.8. The molecule has 0 aliphatic heterocycles. The molecule has 0 aromatic heterocycles. The number of ether oxygens (including phenoxy) is 3. The first-order chi connectivity index (χ1) is 32.4. The topological polar surface area (TPSA) is 169 Å².